The first-order chi connectivity index (χ1) is 37.6. The third kappa shape index (κ3) is 8.21. The average Bonchev–Trinajstić information content (AvgIpc) is 3.56. The maximum atomic E-state index is 5.32. The van der Waals surface area contributed by atoms with Gasteiger partial charge in [0.2, 0.25) is 0 Å². The summed E-state index contributed by atoms with van der Waals surface area (Å²) >= 11 is 0. The number of benzene rings is 11. The van der Waals surface area contributed by atoms with Crippen molar-refractivity contribution in [1.82, 2.24) is 29.9 Å². The smallest absolute Gasteiger partial charge is 0.164 e. The highest BCUT2D eigenvalue weighted by Gasteiger charge is 2.19. The van der Waals surface area contributed by atoms with Crippen LogP contribution in [0.5, 0.6) is 0 Å². The fourth-order valence-electron chi connectivity index (χ4n) is 10.5. The summed E-state index contributed by atoms with van der Waals surface area (Å²) in [5.41, 5.74) is 15.1. The first-order valence-corrected chi connectivity index (χ1v) is 25.5. The van der Waals surface area contributed by atoms with Gasteiger partial charge in [-0.1, -0.05) is 243 Å². The third-order valence-corrected chi connectivity index (χ3v) is 14.5. The molecule has 11 aromatic carbocycles. The predicted molar refractivity (Wildman–Crippen MR) is 312 cm³/mol. The van der Waals surface area contributed by atoms with E-state index in [1.54, 1.807) is 0 Å². The zero-order valence-corrected chi connectivity index (χ0v) is 41.1. The van der Waals surface area contributed by atoms with Crippen molar-refractivity contribution in [2.45, 2.75) is 0 Å². The van der Waals surface area contributed by atoms with Gasteiger partial charge in [0.1, 0.15) is 0 Å². The van der Waals surface area contributed by atoms with Crippen LogP contribution in [0.1, 0.15) is 0 Å². The van der Waals surface area contributed by atoms with Gasteiger partial charge < -0.3 is 0 Å². The molecule has 3 heterocycles. The van der Waals surface area contributed by atoms with E-state index in [2.05, 4.69) is 249 Å². The van der Waals surface area contributed by atoms with E-state index in [0.717, 1.165) is 116 Å². The molecule has 76 heavy (non-hydrogen) atoms. The molecule has 0 aliphatic rings. The summed E-state index contributed by atoms with van der Waals surface area (Å²) in [5, 5.41) is 7.69. The van der Waals surface area contributed by atoms with Crippen LogP contribution in [0.3, 0.4) is 0 Å². The van der Waals surface area contributed by atoms with Crippen LogP contribution in [0.4, 0.5) is 0 Å². The number of hydrogen-bond acceptors (Lipinski definition) is 6. The number of nitrogens with zero attached hydrogens (tertiary/aromatic N) is 6. The van der Waals surface area contributed by atoms with Crippen LogP contribution in [0.25, 0.3) is 145 Å². The molecule has 0 fully saturated rings. The van der Waals surface area contributed by atoms with E-state index < -0.39 is 0 Å². The third-order valence-electron chi connectivity index (χ3n) is 14.5. The quantitative estimate of drug-likeness (QED) is 0.134. The SMILES string of the molecule is c1ccc(-c2ccc(-c3nc(-c4ccc(-c5ccccc5)cc4)nc(-c4ccc(-c5ccc(-c6ccc(-c7nc(-c8cccc9ccccc89)c8ccc9ccccc9c8n7)cc6)cn5)c5ccccc45)n3)cc2)cc1. The number of rotatable bonds is 9. The standard InChI is InChI=1S/C70H44N6/c1-3-14-45(15-4-1)47-26-32-53(33-27-47)68-74-69(54-34-28-48(29-35-54)46-16-5-2-6-17-46)76-70(75-68)62-42-41-60(58-23-11-12-24-59(58)62)64-43-39-55(44-71-64)49-30-36-52(37-31-49)67-72-65-57-22-10-8-19-51(57)38-40-63(65)66(73-67)61-25-13-20-50-18-7-9-21-56(50)61/h1-44H. The lowest BCUT2D eigenvalue weighted by molar-refractivity contribution is 1.08. The molecule has 0 bridgehead atoms. The highest BCUT2D eigenvalue weighted by molar-refractivity contribution is 6.12. The number of fused-ring (bicyclic) bond motifs is 5. The van der Waals surface area contributed by atoms with Crippen LogP contribution >= 0.6 is 0 Å². The van der Waals surface area contributed by atoms with E-state index >= 15 is 0 Å². The fourth-order valence-corrected chi connectivity index (χ4v) is 10.5. The molecule has 0 aliphatic heterocycles. The van der Waals surface area contributed by atoms with Crippen molar-refractivity contribution in [2.75, 3.05) is 0 Å². The summed E-state index contributed by atoms with van der Waals surface area (Å²) in [6, 6.07) is 90.9. The Kier molecular flexibility index (Phi) is 11.1. The van der Waals surface area contributed by atoms with Crippen molar-refractivity contribution >= 4 is 43.2 Å². The summed E-state index contributed by atoms with van der Waals surface area (Å²) in [6.45, 7) is 0. The van der Waals surface area contributed by atoms with Gasteiger partial charge in [0.15, 0.2) is 23.3 Å². The van der Waals surface area contributed by atoms with Gasteiger partial charge in [-0.3, -0.25) is 4.98 Å². The van der Waals surface area contributed by atoms with E-state index in [9.17, 15) is 0 Å². The number of aromatic nitrogens is 6. The molecule has 14 aromatic rings. The van der Waals surface area contributed by atoms with E-state index in [-0.39, 0.29) is 0 Å². The molecule has 14 rings (SSSR count). The van der Waals surface area contributed by atoms with Crippen LogP contribution in [0.15, 0.2) is 267 Å². The zero-order chi connectivity index (χ0) is 50.4. The number of pyridine rings is 1. The Morgan fingerprint density at radius 3 is 1.24 bits per heavy atom. The maximum absolute atomic E-state index is 5.32. The summed E-state index contributed by atoms with van der Waals surface area (Å²) in [7, 11) is 0. The molecular weight excluding hydrogens is 925 g/mol. The highest BCUT2D eigenvalue weighted by Crippen LogP contribution is 2.39. The first kappa shape index (κ1) is 44.4. The lowest BCUT2D eigenvalue weighted by Crippen LogP contribution is -2.01. The van der Waals surface area contributed by atoms with E-state index in [1.807, 2.05) is 18.3 Å². The van der Waals surface area contributed by atoms with Crippen molar-refractivity contribution in [3.8, 4) is 101 Å². The molecule has 0 radical (unpaired) electrons. The Hall–Kier alpha value is -10.3. The zero-order valence-electron chi connectivity index (χ0n) is 41.1. The molecule has 0 saturated carbocycles. The second-order valence-corrected chi connectivity index (χ2v) is 19.0. The largest absolute Gasteiger partial charge is 0.256 e. The molecule has 0 unspecified atom stereocenters. The second-order valence-electron chi connectivity index (χ2n) is 19.0. The summed E-state index contributed by atoms with van der Waals surface area (Å²) in [6.07, 6.45) is 1.96. The summed E-state index contributed by atoms with van der Waals surface area (Å²) < 4.78 is 0. The molecule has 6 heteroatoms. The van der Waals surface area contributed by atoms with Crippen LogP contribution in [0, 0.1) is 0 Å². The van der Waals surface area contributed by atoms with Crippen molar-refractivity contribution in [2.24, 2.45) is 0 Å². The Morgan fingerprint density at radius 1 is 0.211 bits per heavy atom. The molecule has 0 aliphatic carbocycles. The Labute approximate surface area is 439 Å². The summed E-state index contributed by atoms with van der Waals surface area (Å²) in [4.78, 5) is 31.2. The van der Waals surface area contributed by atoms with Gasteiger partial charge in [0.25, 0.3) is 0 Å². The van der Waals surface area contributed by atoms with Crippen molar-refractivity contribution in [3.63, 3.8) is 0 Å². The first-order valence-electron chi connectivity index (χ1n) is 25.5. The molecule has 354 valence electrons. The van der Waals surface area contributed by atoms with Gasteiger partial charge >= 0.3 is 0 Å². The van der Waals surface area contributed by atoms with Crippen LogP contribution in [0.2, 0.25) is 0 Å². The Morgan fingerprint density at radius 2 is 0.645 bits per heavy atom. The predicted octanol–water partition coefficient (Wildman–Crippen LogP) is 17.7. The maximum Gasteiger partial charge on any atom is 0.164 e. The van der Waals surface area contributed by atoms with Crippen molar-refractivity contribution in [3.05, 3.63) is 267 Å². The van der Waals surface area contributed by atoms with Gasteiger partial charge in [-0.15, -0.1) is 0 Å². The minimum Gasteiger partial charge on any atom is -0.256 e. The fraction of sp³-hybridized carbons (Fsp3) is 0. The molecule has 0 atom stereocenters. The van der Waals surface area contributed by atoms with E-state index in [0.29, 0.717) is 23.3 Å². The molecule has 0 amide bonds. The molecule has 6 nitrogen and oxygen atoms in total. The molecule has 0 saturated heterocycles. The minimum atomic E-state index is 0.598. The van der Waals surface area contributed by atoms with Gasteiger partial charge in [-0.25, -0.2) is 24.9 Å². The van der Waals surface area contributed by atoms with Crippen molar-refractivity contribution in [1.29, 1.82) is 0 Å². The molecule has 0 spiro atoms. The average molecular weight is 969 g/mol. The topological polar surface area (TPSA) is 77.3 Å². The number of hydrogen-bond donors (Lipinski definition) is 0. The normalized spacial score (nSPS) is 11.4. The molecule has 0 N–H and O–H groups in total. The highest BCUT2D eigenvalue weighted by atomic mass is 15.0. The Bertz CT molecular complexity index is 4360. The van der Waals surface area contributed by atoms with E-state index in [1.165, 1.54) is 5.39 Å². The van der Waals surface area contributed by atoms with Crippen LogP contribution in [-0.4, -0.2) is 29.9 Å². The Balaban J connectivity index is 0.802. The second kappa shape index (κ2) is 19.0. The molecule has 3 aromatic heterocycles. The monoisotopic (exact) mass is 968 g/mol. The summed E-state index contributed by atoms with van der Waals surface area (Å²) in [5.74, 6) is 2.49. The van der Waals surface area contributed by atoms with Gasteiger partial charge in [0, 0.05) is 55.9 Å². The van der Waals surface area contributed by atoms with Crippen molar-refractivity contribution < 1.29 is 0 Å². The lowest BCUT2D eigenvalue weighted by atomic mass is 9.96. The van der Waals surface area contributed by atoms with Crippen LogP contribution in [-0.2, 0) is 0 Å². The van der Waals surface area contributed by atoms with Crippen LogP contribution < -0.4 is 0 Å². The van der Waals surface area contributed by atoms with Gasteiger partial charge in [-0.2, -0.15) is 0 Å². The minimum absolute atomic E-state index is 0.598. The van der Waals surface area contributed by atoms with E-state index in [4.69, 9.17) is 29.9 Å². The van der Waals surface area contributed by atoms with Gasteiger partial charge in [-0.05, 0) is 72.9 Å². The van der Waals surface area contributed by atoms with Gasteiger partial charge in [0.05, 0.1) is 16.9 Å². The molecular formula is C70H44N6. The lowest BCUT2D eigenvalue weighted by Gasteiger charge is -2.14.